The number of benzene rings is 3. The number of nitrogens with one attached hydrogen (secondary N) is 2. The average Bonchev–Trinajstić information content (AvgIpc) is 3.39. The summed E-state index contributed by atoms with van der Waals surface area (Å²) in [6.45, 7) is 4.17. The summed E-state index contributed by atoms with van der Waals surface area (Å²) in [6.07, 6.45) is 0. The third-order valence-corrected chi connectivity index (χ3v) is 7.14. The number of fused-ring (bicyclic) bond motifs is 1. The van der Waals surface area contributed by atoms with Crippen LogP contribution >= 0.6 is 15.9 Å². The Hall–Kier alpha value is -3.00. The van der Waals surface area contributed by atoms with Crippen LogP contribution in [-0.4, -0.2) is 24.5 Å². The number of carbonyl (C=O) groups excluding carboxylic acids is 2. The second-order valence-corrected chi connectivity index (χ2v) is 9.62. The molecule has 1 amide bonds. The number of esters is 1. The van der Waals surface area contributed by atoms with Crippen LogP contribution in [0.5, 0.6) is 0 Å². The van der Waals surface area contributed by atoms with E-state index < -0.39 is 0 Å². The summed E-state index contributed by atoms with van der Waals surface area (Å²) in [6, 6.07) is 23.1. The van der Waals surface area contributed by atoms with Crippen LogP contribution in [0.4, 0.5) is 5.69 Å². The molecule has 4 atom stereocenters. The van der Waals surface area contributed by atoms with Crippen molar-refractivity contribution < 1.29 is 14.3 Å². The van der Waals surface area contributed by atoms with Crippen molar-refractivity contribution in [2.45, 2.75) is 32.0 Å². The van der Waals surface area contributed by atoms with Gasteiger partial charge >= 0.3 is 5.97 Å². The zero-order valence-corrected chi connectivity index (χ0v) is 20.6. The van der Waals surface area contributed by atoms with Crippen LogP contribution in [0.15, 0.2) is 77.3 Å². The van der Waals surface area contributed by atoms with Crippen LogP contribution in [0.25, 0.3) is 0 Å². The van der Waals surface area contributed by atoms with Crippen LogP contribution in [0.3, 0.4) is 0 Å². The van der Waals surface area contributed by atoms with Gasteiger partial charge in [0.1, 0.15) is 6.04 Å². The molecule has 34 heavy (non-hydrogen) atoms. The Balaban J connectivity index is 1.56. The van der Waals surface area contributed by atoms with E-state index in [9.17, 15) is 9.59 Å². The number of amides is 1. The largest absolute Gasteiger partial charge is 0.462 e. The predicted octanol–water partition coefficient (Wildman–Crippen LogP) is 4.86. The second kappa shape index (κ2) is 9.33. The maximum absolute atomic E-state index is 13.7. The number of halogens is 1. The highest BCUT2D eigenvalue weighted by Gasteiger charge is 2.55. The Bertz CT molecular complexity index is 1200. The first-order chi connectivity index (χ1) is 16.5. The van der Waals surface area contributed by atoms with Crippen LogP contribution in [-0.2, 0) is 9.53 Å². The highest BCUT2D eigenvalue weighted by molar-refractivity contribution is 9.10. The zero-order chi connectivity index (χ0) is 23.8. The molecule has 0 bridgehead atoms. The van der Waals surface area contributed by atoms with E-state index in [1.165, 1.54) is 5.56 Å². The van der Waals surface area contributed by atoms with Crippen LogP contribution in [0, 0.1) is 12.8 Å². The summed E-state index contributed by atoms with van der Waals surface area (Å²) in [7, 11) is 0. The number of ether oxygens (including phenoxy) is 1. The van der Waals surface area contributed by atoms with Crippen molar-refractivity contribution in [3.05, 3.63) is 99.5 Å². The first-order valence-corrected chi connectivity index (χ1v) is 12.2. The van der Waals surface area contributed by atoms with Crippen molar-refractivity contribution in [1.82, 2.24) is 10.9 Å². The molecule has 3 aromatic rings. The maximum atomic E-state index is 13.7. The second-order valence-electron chi connectivity index (χ2n) is 8.70. The summed E-state index contributed by atoms with van der Waals surface area (Å²) in [4.78, 5) is 27.7. The van der Waals surface area contributed by atoms with Crippen LogP contribution in [0.2, 0.25) is 0 Å². The van der Waals surface area contributed by atoms with E-state index in [2.05, 4.69) is 70.1 Å². The van der Waals surface area contributed by atoms with Gasteiger partial charge in [0, 0.05) is 16.1 Å². The molecule has 0 spiro atoms. The Morgan fingerprint density at radius 1 is 0.912 bits per heavy atom. The summed E-state index contributed by atoms with van der Waals surface area (Å²) in [5.74, 6) is -0.390. The minimum absolute atomic E-state index is 0.00363. The van der Waals surface area contributed by atoms with Crippen molar-refractivity contribution in [2.75, 3.05) is 11.5 Å². The number of carbonyl (C=O) groups is 2. The molecule has 3 aromatic carbocycles. The quantitative estimate of drug-likeness (QED) is 0.471. The lowest BCUT2D eigenvalue weighted by atomic mass is 9.83. The normalized spacial score (nSPS) is 23.7. The lowest BCUT2D eigenvalue weighted by molar-refractivity contribution is -0.119. The van der Waals surface area contributed by atoms with Gasteiger partial charge in [-0.05, 0) is 61.4 Å². The smallest absolute Gasteiger partial charge is 0.338 e. The molecule has 2 aliphatic heterocycles. The van der Waals surface area contributed by atoms with E-state index in [0.29, 0.717) is 12.2 Å². The molecule has 2 saturated heterocycles. The van der Waals surface area contributed by atoms with E-state index in [1.807, 2.05) is 29.2 Å². The Kier molecular flexibility index (Phi) is 6.25. The van der Waals surface area contributed by atoms with Gasteiger partial charge in [0.05, 0.1) is 24.3 Å². The molecule has 5 rings (SSSR count). The summed E-state index contributed by atoms with van der Waals surface area (Å²) < 4.78 is 6.09. The Labute approximate surface area is 207 Å². The molecule has 6 nitrogen and oxygen atoms in total. The number of aryl methyl sites for hydroxylation is 1. The van der Waals surface area contributed by atoms with Crippen molar-refractivity contribution in [3.8, 4) is 0 Å². The third-order valence-electron chi connectivity index (χ3n) is 6.61. The predicted molar refractivity (Wildman–Crippen MR) is 134 cm³/mol. The van der Waals surface area contributed by atoms with Crippen LogP contribution < -0.4 is 15.8 Å². The van der Waals surface area contributed by atoms with Gasteiger partial charge < -0.3 is 9.64 Å². The maximum Gasteiger partial charge on any atom is 0.338 e. The zero-order valence-electron chi connectivity index (χ0n) is 19.0. The third kappa shape index (κ3) is 4.04. The van der Waals surface area contributed by atoms with Gasteiger partial charge in [0.2, 0.25) is 5.91 Å². The molecule has 4 unspecified atom stereocenters. The first-order valence-electron chi connectivity index (χ1n) is 11.4. The molecular weight excluding hydrogens is 494 g/mol. The molecule has 0 aromatic heterocycles. The van der Waals surface area contributed by atoms with Crippen molar-refractivity contribution in [2.24, 2.45) is 5.92 Å². The van der Waals surface area contributed by atoms with Crippen molar-refractivity contribution in [1.29, 1.82) is 0 Å². The number of hydrogen-bond acceptors (Lipinski definition) is 5. The lowest BCUT2D eigenvalue weighted by Crippen LogP contribution is -2.41. The summed E-state index contributed by atoms with van der Waals surface area (Å²) in [5.41, 5.74) is 11.3. The molecule has 0 aliphatic carbocycles. The number of hydrogen-bond donors (Lipinski definition) is 2. The minimum atomic E-state index is -0.371. The summed E-state index contributed by atoms with van der Waals surface area (Å²) >= 11 is 3.52. The highest BCUT2D eigenvalue weighted by atomic mass is 79.9. The number of hydrazine groups is 1. The van der Waals surface area contributed by atoms with Crippen LogP contribution in [0.1, 0.15) is 46.1 Å². The van der Waals surface area contributed by atoms with Gasteiger partial charge in [0.15, 0.2) is 0 Å². The van der Waals surface area contributed by atoms with Crippen molar-refractivity contribution >= 4 is 33.5 Å². The van der Waals surface area contributed by atoms with Gasteiger partial charge in [0.25, 0.3) is 0 Å². The van der Waals surface area contributed by atoms with Gasteiger partial charge in [-0.3, -0.25) is 4.79 Å². The molecule has 2 aliphatic rings. The van der Waals surface area contributed by atoms with E-state index in [1.54, 1.807) is 19.1 Å². The standard InChI is InChI=1S/C27H26BrN3O3/c1-3-34-27(33)19-10-14-21(15-11-19)31-25(18-8-12-20(28)13-9-18)22-23(29-30-24(22)26(31)32)17-6-4-16(2)5-7-17/h4-15,22-25,29-30H,3H2,1-2H3. The molecular formula is C27H26BrN3O3. The SMILES string of the molecule is CCOC(=O)c1ccc(N2C(=O)C3NNC(c4ccc(C)cc4)C3C2c2ccc(Br)cc2)cc1. The molecule has 174 valence electrons. The monoisotopic (exact) mass is 519 g/mol. The van der Waals surface area contributed by atoms with Crippen molar-refractivity contribution in [3.63, 3.8) is 0 Å². The highest BCUT2D eigenvalue weighted by Crippen LogP contribution is 2.49. The molecule has 2 heterocycles. The number of rotatable bonds is 5. The van der Waals surface area contributed by atoms with E-state index in [0.717, 1.165) is 21.3 Å². The van der Waals surface area contributed by atoms with E-state index in [4.69, 9.17) is 4.74 Å². The van der Waals surface area contributed by atoms with E-state index in [-0.39, 0.29) is 35.9 Å². The minimum Gasteiger partial charge on any atom is -0.462 e. The topological polar surface area (TPSA) is 70.7 Å². The summed E-state index contributed by atoms with van der Waals surface area (Å²) in [5, 5.41) is 0. The average molecular weight is 520 g/mol. The van der Waals surface area contributed by atoms with Gasteiger partial charge in [-0.25, -0.2) is 15.6 Å². The first kappa shape index (κ1) is 22.8. The molecule has 2 N–H and O–H groups in total. The molecule has 0 radical (unpaired) electrons. The fraction of sp³-hybridized carbons (Fsp3) is 0.259. The fourth-order valence-corrected chi connectivity index (χ4v) is 5.25. The number of nitrogens with zero attached hydrogens (tertiary/aromatic N) is 1. The van der Waals surface area contributed by atoms with Gasteiger partial charge in [-0.15, -0.1) is 0 Å². The number of anilines is 1. The Morgan fingerprint density at radius 3 is 2.18 bits per heavy atom. The molecule has 0 saturated carbocycles. The lowest BCUT2D eigenvalue weighted by Gasteiger charge is -2.31. The van der Waals surface area contributed by atoms with Gasteiger partial charge in [-0.2, -0.15) is 0 Å². The van der Waals surface area contributed by atoms with Gasteiger partial charge in [-0.1, -0.05) is 57.9 Å². The molecule has 7 heteroatoms. The fourth-order valence-electron chi connectivity index (χ4n) is 4.99. The molecule has 2 fully saturated rings. The van der Waals surface area contributed by atoms with E-state index >= 15 is 0 Å². The Morgan fingerprint density at radius 2 is 1.53 bits per heavy atom.